The minimum absolute atomic E-state index is 0.0360. The van der Waals surface area contributed by atoms with Gasteiger partial charge < -0.3 is 5.32 Å². The molecule has 0 bridgehead atoms. The Labute approximate surface area is 145 Å². The number of nitrogens with zero attached hydrogens (tertiary/aromatic N) is 3. The molecule has 0 saturated carbocycles. The predicted molar refractivity (Wildman–Crippen MR) is 96.1 cm³/mol. The fourth-order valence-electron chi connectivity index (χ4n) is 2.39. The number of amides is 1. The van der Waals surface area contributed by atoms with Crippen LogP contribution < -0.4 is 10.9 Å². The van der Waals surface area contributed by atoms with Gasteiger partial charge in [-0.25, -0.2) is 4.98 Å². The van der Waals surface area contributed by atoms with E-state index in [2.05, 4.69) is 29.1 Å². The van der Waals surface area contributed by atoms with Gasteiger partial charge in [-0.1, -0.05) is 32.0 Å². The largest absolute Gasteiger partial charge is 0.301 e. The van der Waals surface area contributed by atoms with Gasteiger partial charge in [0.15, 0.2) is 5.82 Å². The van der Waals surface area contributed by atoms with E-state index >= 15 is 0 Å². The fourth-order valence-corrected chi connectivity index (χ4v) is 2.39. The molecular weight excluding hydrogens is 316 g/mol. The molecule has 0 aliphatic heterocycles. The molecular formula is C19H18N4O2. The standard InChI is InChI=1S/C19H18N4O2/c1-13(2)14-6-8-15(9-7-14)23-12-11-21-17(19(23)25)22-18(24)16-5-3-4-10-20-16/h3-13H,1-2H3,(H,21,22,24). The van der Waals surface area contributed by atoms with Crippen LogP contribution in [0.4, 0.5) is 5.82 Å². The summed E-state index contributed by atoms with van der Waals surface area (Å²) in [6, 6.07) is 12.7. The van der Waals surface area contributed by atoms with E-state index in [1.165, 1.54) is 22.5 Å². The SMILES string of the molecule is CC(C)c1ccc(-n2ccnc(NC(=O)c3ccccn3)c2=O)cc1. The number of rotatable bonds is 4. The molecule has 0 aliphatic carbocycles. The van der Waals surface area contributed by atoms with Crippen molar-refractivity contribution in [3.8, 4) is 5.69 Å². The first-order valence-electron chi connectivity index (χ1n) is 7.96. The molecule has 0 aliphatic rings. The maximum atomic E-state index is 12.6. The molecule has 6 nitrogen and oxygen atoms in total. The Balaban J connectivity index is 1.90. The number of aromatic nitrogens is 3. The van der Waals surface area contributed by atoms with Crippen molar-refractivity contribution in [2.75, 3.05) is 5.32 Å². The molecule has 1 aromatic carbocycles. The molecule has 0 spiro atoms. The van der Waals surface area contributed by atoms with Crippen LogP contribution in [0.2, 0.25) is 0 Å². The third-order valence-corrected chi connectivity index (χ3v) is 3.81. The van der Waals surface area contributed by atoms with Crippen LogP contribution in [0.5, 0.6) is 0 Å². The van der Waals surface area contributed by atoms with E-state index < -0.39 is 11.5 Å². The van der Waals surface area contributed by atoms with Crippen LogP contribution in [0.1, 0.15) is 35.8 Å². The van der Waals surface area contributed by atoms with Gasteiger partial charge in [-0.15, -0.1) is 0 Å². The second-order valence-electron chi connectivity index (χ2n) is 5.87. The summed E-state index contributed by atoms with van der Waals surface area (Å²) in [5.41, 5.74) is 1.73. The molecule has 1 amide bonds. The van der Waals surface area contributed by atoms with Crippen LogP contribution in [-0.2, 0) is 0 Å². The van der Waals surface area contributed by atoms with Crippen molar-refractivity contribution in [3.05, 3.63) is 82.7 Å². The highest BCUT2D eigenvalue weighted by molar-refractivity contribution is 6.02. The first kappa shape index (κ1) is 16.6. The molecule has 126 valence electrons. The highest BCUT2D eigenvalue weighted by Gasteiger charge is 2.12. The molecule has 0 atom stereocenters. The molecule has 3 aromatic rings. The van der Waals surface area contributed by atoms with Gasteiger partial charge in [0, 0.05) is 24.3 Å². The Hall–Kier alpha value is -3.28. The predicted octanol–water partition coefficient (Wildman–Crippen LogP) is 3.00. The van der Waals surface area contributed by atoms with Crippen LogP contribution in [0.25, 0.3) is 5.69 Å². The van der Waals surface area contributed by atoms with E-state index in [4.69, 9.17) is 0 Å². The average molecular weight is 334 g/mol. The van der Waals surface area contributed by atoms with Crippen molar-refractivity contribution in [1.29, 1.82) is 0 Å². The Morgan fingerprint density at radius 3 is 2.44 bits per heavy atom. The number of nitrogens with one attached hydrogen (secondary N) is 1. The van der Waals surface area contributed by atoms with E-state index in [0.717, 1.165) is 0 Å². The first-order chi connectivity index (χ1) is 12.1. The lowest BCUT2D eigenvalue weighted by Gasteiger charge is -2.10. The van der Waals surface area contributed by atoms with Crippen molar-refractivity contribution in [2.24, 2.45) is 0 Å². The Morgan fingerprint density at radius 1 is 1.04 bits per heavy atom. The second kappa shape index (κ2) is 7.09. The van der Waals surface area contributed by atoms with E-state index in [1.54, 1.807) is 24.4 Å². The monoisotopic (exact) mass is 334 g/mol. The smallest absolute Gasteiger partial charge is 0.298 e. The van der Waals surface area contributed by atoms with Crippen molar-refractivity contribution in [3.63, 3.8) is 0 Å². The Kier molecular flexibility index (Phi) is 4.70. The highest BCUT2D eigenvalue weighted by atomic mass is 16.2. The summed E-state index contributed by atoms with van der Waals surface area (Å²) in [6.07, 6.45) is 4.57. The molecule has 0 unspecified atom stereocenters. The van der Waals surface area contributed by atoms with Gasteiger partial charge in [0.05, 0.1) is 0 Å². The summed E-state index contributed by atoms with van der Waals surface area (Å²) in [6.45, 7) is 4.22. The van der Waals surface area contributed by atoms with Crippen molar-refractivity contribution < 1.29 is 4.79 Å². The molecule has 2 aromatic heterocycles. The summed E-state index contributed by atoms with van der Waals surface area (Å²) >= 11 is 0. The molecule has 1 N–H and O–H groups in total. The summed E-state index contributed by atoms with van der Waals surface area (Å²) in [5.74, 6) is -0.0966. The van der Waals surface area contributed by atoms with Gasteiger partial charge in [0.25, 0.3) is 11.5 Å². The average Bonchev–Trinajstić information content (AvgIpc) is 2.64. The van der Waals surface area contributed by atoms with Gasteiger partial charge >= 0.3 is 0 Å². The third kappa shape index (κ3) is 3.63. The maximum Gasteiger partial charge on any atom is 0.298 e. The number of hydrogen-bond acceptors (Lipinski definition) is 4. The summed E-state index contributed by atoms with van der Waals surface area (Å²) in [5, 5.41) is 2.52. The molecule has 0 radical (unpaired) electrons. The van der Waals surface area contributed by atoms with Crippen LogP contribution in [-0.4, -0.2) is 20.4 Å². The van der Waals surface area contributed by atoms with Crippen LogP contribution in [0.3, 0.4) is 0 Å². The third-order valence-electron chi connectivity index (χ3n) is 3.81. The minimum atomic E-state index is -0.474. The molecule has 2 heterocycles. The van der Waals surface area contributed by atoms with E-state index in [9.17, 15) is 9.59 Å². The van der Waals surface area contributed by atoms with Crippen LogP contribution >= 0.6 is 0 Å². The lowest BCUT2D eigenvalue weighted by molar-refractivity contribution is 0.102. The lowest BCUT2D eigenvalue weighted by atomic mass is 10.0. The number of anilines is 1. The van der Waals surface area contributed by atoms with Crippen molar-refractivity contribution in [2.45, 2.75) is 19.8 Å². The van der Waals surface area contributed by atoms with Crippen LogP contribution in [0.15, 0.2) is 65.8 Å². The van der Waals surface area contributed by atoms with Gasteiger partial charge in [0.1, 0.15) is 5.69 Å². The maximum absolute atomic E-state index is 12.6. The van der Waals surface area contributed by atoms with E-state index in [-0.39, 0.29) is 11.5 Å². The first-order valence-corrected chi connectivity index (χ1v) is 7.96. The van der Waals surface area contributed by atoms with Gasteiger partial charge in [-0.3, -0.25) is 19.1 Å². The van der Waals surface area contributed by atoms with Crippen LogP contribution in [0, 0.1) is 0 Å². The zero-order valence-electron chi connectivity index (χ0n) is 14.0. The molecule has 0 saturated heterocycles. The highest BCUT2D eigenvalue weighted by Crippen LogP contribution is 2.16. The van der Waals surface area contributed by atoms with Gasteiger partial charge in [0.2, 0.25) is 0 Å². The van der Waals surface area contributed by atoms with Gasteiger partial charge in [-0.05, 0) is 35.7 Å². The Morgan fingerprint density at radius 2 is 1.80 bits per heavy atom. The molecule has 0 fully saturated rings. The quantitative estimate of drug-likeness (QED) is 0.796. The lowest BCUT2D eigenvalue weighted by Crippen LogP contribution is -2.26. The zero-order valence-corrected chi connectivity index (χ0v) is 14.0. The van der Waals surface area contributed by atoms with Crippen molar-refractivity contribution >= 4 is 11.7 Å². The Bertz CT molecular complexity index is 932. The van der Waals surface area contributed by atoms with E-state index in [0.29, 0.717) is 11.6 Å². The zero-order chi connectivity index (χ0) is 17.8. The van der Waals surface area contributed by atoms with Crippen molar-refractivity contribution in [1.82, 2.24) is 14.5 Å². The number of hydrogen-bond donors (Lipinski definition) is 1. The molecule has 25 heavy (non-hydrogen) atoms. The second-order valence-corrected chi connectivity index (χ2v) is 5.87. The number of carbonyl (C=O) groups is 1. The van der Waals surface area contributed by atoms with E-state index in [1.807, 2.05) is 24.3 Å². The topological polar surface area (TPSA) is 76.9 Å². The number of carbonyl (C=O) groups excluding carboxylic acids is 1. The summed E-state index contributed by atoms with van der Waals surface area (Å²) in [7, 11) is 0. The fraction of sp³-hybridized carbons (Fsp3) is 0.158. The number of benzene rings is 1. The summed E-state index contributed by atoms with van der Waals surface area (Å²) in [4.78, 5) is 32.7. The van der Waals surface area contributed by atoms with Gasteiger partial charge in [-0.2, -0.15) is 0 Å². The minimum Gasteiger partial charge on any atom is -0.301 e. The molecule has 6 heteroatoms. The molecule has 3 rings (SSSR count). The normalized spacial score (nSPS) is 10.7. The number of pyridine rings is 1. The summed E-state index contributed by atoms with van der Waals surface area (Å²) < 4.78 is 1.45.